The number of hydrogen-bond acceptors (Lipinski definition) is 4. The quantitative estimate of drug-likeness (QED) is 0.545. The highest BCUT2D eigenvalue weighted by Crippen LogP contribution is 2.24. The van der Waals surface area contributed by atoms with Crippen LogP contribution in [-0.2, 0) is 11.2 Å². The summed E-state index contributed by atoms with van der Waals surface area (Å²) in [6, 6.07) is 5.60. The van der Waals surface area contributed by atoms with E-state index in [9.17, 15) is 4.79 Å². The molecule has 0 atom stereocenters. The second kappa shape index (κ2) is 3.73. The van der Waals surface area contributed by atoms with Crippen LogP contribution in [0.3, 0.4) is 0 Å². The lowest BCUT2D eigenvalue weighted by Crippen LogP contribution is -2.21. The van der Waals surface area contributed by atoms with Gasteiger partial charge in [-0.3, -0.25) is 4.79 Å². The van der Waals surface area contributed by atoms with Crippen molar-refractivity contribution in [3.8, 4) is 5.75 Å². The lowest BCUT2D eigenvalue weighted by atomic mass is 9.89. The van der Waals surface area contributed by atoms with Crippen molar-refractivity contribution >= 4 is 11.5 Å². The molecule has 0 unspecified atom stereocenters. The van der Waals surface area contributed by atoms with Crippen LogP contribution >= 0.6 is 0 Å². The molecule has 4 heteroatoms. The summed E-state index contributed by atoms with van der Waals surface area (Å²) < 4.78 is 5.10. The van der Waals surface area contributed by atoms with Crippen molar-refractivity contribution in [2.24, 2.45) is 10.9 Å². The molecule has 0 aromatic heterocycles. The van der Waals surface area contributed by atoms with Gasteiger partial charge in [-0.2, -0.15) is 5.10 Å². The van der Waals surface area contributed by atoms with Gasteiger partial charge in [0.2, 0.25) is 0 Å². The first-order valence-electron chi connectivity index (χ1n) is 4.70. The summed E-state index contributed by atoms with van der Waals surface area (Å²) >= 11 is 0. The summed E-state index contributed by atoms with van der Waals surface area (Å²) in [5.74, 6) is 6.14. The van der Waals surface area contributed by atoms with Crippen molar-refractivity contribution in [1.82, 2.24) is 0 Å². The molecule has 2 N–H and O–H groups in total. The molecule has 0 saturated heterocycles. The normalized spacial score (nSPS) is 17.7. The van der Waals surface area contributed by atoms with E-state index < -0.39 is 0 Å². The maximum atomic E-state index is 11.4. The van der Waals surface area contributed by atoms with Crippen molar-refractivity contribution in [3.05, 3.63) is 29.3 Å². The molecule has 0 fully saturated rings. The van der Waals surface area contributed by atoms with E-state index in [0.29, 0.717) is 18.6 Å². The van der Waals surface area contributed by atoms with Gasteiger partial charge in [0.25, 0.3) is 0 Å². The Morgan fingerprint density at radius 3 is 2.87 bits per heavy atom. The molecule has 0 radical (unpaired) electrons. The molecular formula is C11H12N2O2. The molecule has 0 heterocycles. The zero-order chi connectivity index (χ0) is 10.8. The number of benzene rings is 1. The Hall–Kier alpha value is -1.84. The van der Waals surface area contributed by atoms with Gasteiger partial charge in [0.05, 0.1) is 19.2 Å². The second-order valence-corrected chi connectivity index (χ2v) is 3.49. The van der Waals surface area contributed by atoms with Crippen LogP contribution in [0.25, 0.3) is 0 Å². The third-order valence-corrected chi connectivity index (χ3v) is 2.53. The van der Waals surface area contributed by atoms with E-state index in [1.165, 1.54) is 0 Å². The molecule has 1 aromatic rings. The third-order valence-electron chi connectivity index (χ3n) is 2.53. The van der Waals surface area contributed by atoms with Gasteiger partial charge < -0.3 is 10.6 Å². The smallest absolute Gasteiger partial charge is 0.143 e. The molecule has 2 rings (SSSR count). The number of nitrogens with zero attached hydrogens (tertiary/aromatic N) is 1. The lowest BCUT2D eigenvalue weighted by Gasteiger charge is -2.17. The number of hydrazone groups is 1. The average Bonchev–Trinajstić information content (AvgIpc) is 2.26. The number of fused-ring (bicyclic) bond motifs is 1. The predicted octanol–water partition coefficient (Wildman–Crippen LogP) is 0.873. The molecule has 15 heavy (non-hydrogen) atoms. The Morgan fingerprint density at radius 2 is 2.20 bits per heavy atom. The zero-order valence-corrected chi connectivity index (χ0v) is 8.49. The van der Waals surface area contributed by atoms with Gasteiger partial charge in [0.1, 0.15) is 11.5 Å². The number of carbonyl (C=O) groups is 1. The molecule has 1 aromatic carbocycles. The number of carbonyl (C=O) groups excluding carboxylic acids is 1. The minimum Gasteiger partial charge on any atom is -0.497 e. The van der Waals surface area contributed by atoms with Gasteiger partial charge in [0.15, 0.2) is 0 Å². The van der Waals surface area contributed by atoms with Crippen LogP contribution in [0.1, 0.15) is 17.5 Å². The van der Waals surface area contributed by atoms with Crippen molar-refractivity contribution in [1.29, 1.82) is 0 Å². The van der Waals surface area contributed by atoms with Crippen LogP contribution in [0.2, 0.25) is 0 Å². The van der Waals surface area contributed by atoms with Crippen LogP contribution in [0.15, 0.2) is 23.3 Å². The van der Waals surface area contributed by atoms with Crippen LogP contribution in [-0.4, -0.2) is 18.6 Å². The van der Waals surface area contributed by atoms with Crippen molar-refractivity contribution in [3.63, 3.8) is 0 Å². The molecule has 1 aliphatic rings. The molecule has 0 spiro atoms. The second-order valence-electron chi connectivity index (χ2n) is 3.49. The summed E-state index contributed by atoms with van der Waals surface area (Å²) in [7, 11) is 1.60. The first-order chi connectivity index (χ1) is 7.24. The van der Waals surface area contributed by atoms with Gasteiger partial charge in [-0.05, 0) is 23.8 Å². The fourth-order valence-electron chi connectivity index (χ4n) is 1.80. The molecule has 0 bridgehead atoms. The number of ketones is 1. The molecule has 4 nitrogen and oxygen atoms in total. The number of hydrogen-bond donors (Lipinski definition) is 1. The zero-order valence-electron chi connectivity index (χ0n) is 8.49. The SMILES string of the molecule is COc1ccc2c(c1)CC(=O)CC2=NN. The fourth-order valence-corrected chi connectivity index (χ4v) is 1.80. The summed E-state index contributed by atoms with van der Waals surface area (Å²) in [5, 5.41) is 3.65. The highest BCUT2D eigenvalue weighted by Gasteiger charge is 2.21. The summed E-state index contributed by atoms with van der Waals surface area (Å²) in [6.45, 7) is 0. The molecule has 78 valence electrons. The van der Waals surface area contributed by atoms with E-state index in [1.54, 1.807) is 7.11 Å². The Labute approximate surface area is 87.7 Å². The molecule has 0 amide bonds. The van der Waals surface area contributed by atoms with Crippen LogP contribution < -0.4 is 10.6 Å². The molecule has 0 aliphatic heterocycles. The average molecular weight is 204 g/mol. The van der Waals surface area contributed by atoms with Crippen molar-refractivity contribution in [2.45, 2.75) is 12.8 Å². The fraction of sp³-hybridized carbons (Fsp3) is 0.273. The lowest BCUT2D eigenvalue weighted by molar-refractivity contribution is -0.117. The number of rotatable bonds is 1. The number of Topliss-reactive ketones (excluding diaryl/α,β-unsaturated/α-hetero) is 1. The van der Waals surface area contributed by atoms with E-state index >= 15 is 0 Å². The maximum absolute atomic E-state index is 11.4. The van der Waals surface area contributed by atoms with Gasteiger partial charge >= 0.3 is 0 Å². The number of ether oxygens (including phenoxy) is 1. The van der Waals surface area contributed by atoms with Crippen LogP contribution in [0.5, 0.6) is 5.75 Å². The Morgan fingerprint density at radius 1 is 1.40 bits per heavy atom. The summed E-state index contributed by atoms with van der Waals surface area (Å²) in [5.41, 5.74) is 2.55. The Balaban J connectivity index is 2.51. The van der Waals surface area contributed by atoms with E-state index in [-0.39, 0.29) is 5.78 Å². The van der Waals surface area contributed by atoms with Gasteiger partial charge in [0, 0.05) is 12.0 Å². The van der Waals surface area contributed by atoms with Gasteiger partial charge in [-0.15, -0.1) is 0 Å². The molecule has 1 aliphatic carbocycles. The highest BCUT2D eigenvalue weighted by atomic mass is 16.5. The van der Waals surface area contributed by atoms with Gasteiger partial charge in [-0.25, -0.2) is 0 Å². The first kappa shape index (κ1) is 9.71. The predicted molar refractivity (Wildman–Crippen MR) is 57.0 cm³/mol. The minimum absolute atomic E-state index is 0.139. The van der Waals surface area contributed by atoms with E-state index in [1.807, 2.05) is 18.2 Å². The van der Waals surface area contributed by atoms with Crippen LogP contribution in [0.4, 0.5) is 0 Å². The van der Waals surface area contributed by atoms with E-state index in [4.69, 9.17) is 10.6 Å². The monoisotopic (exact) mass is 204 g/mol. The standard InChI is InChI=1S/C11H12N2O2/c1-15-9-2-3-10-7(5-9)4-8(14)6-11(10)13-12/h2-3,5H,4,6,12H2,1H3. The van der Waals surface area contributed by atoms with E-state index in [2.05, 4.69) is 5.10 Å². The number of nitrogens with two attached hydrogens (primary N) is 1. The van der Waals surface area contributed by atoms with Crippen molar-refractivity contribution in [2.75, 3.05) is 7.11 Å². The van der Waals surface area contributed by atoms with Crippen molar-refractivity contribution < 1.29 is 9.53 Å². The summed E-state index contributed by atoms with van der Waals surface area (Å²) in [4.78, 5) is 11.4. The Kier molecular flexibility index (Phi) is 2.41. The number of methoxy groups -OCH3 is 1. The Bertz CT molecular complexity index is 438. The third kappa shape index (κ3) is 1.70. The van der Waals surface area contributed by atoms with Crippen LogP contribution in [0, 0.1) is 0 Å². The molecular weight excluding hydrogens is 192 g/mol. The molecule has 0 saturated carbocycles. The van der Waals surface area contributed by atoms with E-state index in [0.717, 1.165) is 16.9 Å². The van der Waals surface area contributed by atoms with Gasteiger partial charge in [-0.1, -0.05) is 0 Å². The highest BCUT2D eigenvalue weighted by molar-refractivity contribution is 6.15. The minimum atomic E-state index is 0.139. The maximum Gasteiger partial charge on any atom is 0.143 e. The summed E-state index contributed by atoms with van der Waals surface area (Å²) in [6.07, 6.45) is 0.765. The topological polar surface area (TPSA) is 64.7 Å². The first-order valence-corrected chi connectivity index (χ1v) is 4.70. The largest absolute Gasteiger partial charge is 0.497 e.